The van der Waals surface area contributed by atoms with Crippen molar-refractivity contribution >= 4 is 5.97 Å². The van der Waals surface area contributed by atoms with Crippen molar-refractivity contribution in [2.75, 3.05) is 0 Å². The van der Waals surface area contributed by atoms with Gasteiger partial charge in [0.2, 0.25) is 0 Å². The first kappa shape index (κ1) is 12.8. The van der Waals surface area contributed by atoms with Gasteiger partial charge in [0.25, 0.3) is 0 Å². The Hall–Kier alpha value is -1.61. The first-order valence-electron chi connectivity index (χ1n) is 6.19. The molecule has 0 radical (unpaired) electrons. The van der Waals surface area contributed by atoms with Crippen LogP contribution in [0.25, 0.3) is 0 Å². The lowest BCUT2D eigenvalue weighted by Crippen LogP contribution is -2.42. The van der Waals surface area contributed by atoms with E-state index in [4.69, 9.17) is 4.74 Å². The largest absolute Gasteiger partial charge is 0.479 e. The van der Waals surface area contributed by atoms with Crippen LogP contribution in [-0.2, 0) is 16.1 Å². The number of hydrogen-bond donors (Lipinski definition) is 1. The predicted molar refractivity (Wildman–Crippen MR) is 69.2 cm³/mol. The summed E-state index contributed by atoms with van der Waals surface area (Å²) in [5.41, 5.74) is 1.20. The Bertz CT molecular complexity index is 450. The lowest BCUT2D eigenvalue weighted by molar-refractivity contribution is -0.169. The van der Waals surface area contributed by atoms with Gasteiger partial charge < -0.3 is 9.84 Å². The first-order chi connectivity index (χ1) is 8.62. The third-order valence-corrected chi connectivity index (χ3v) is 3.45. The average molecular weight is 246 g/mol. The number of carboxylic acid groups (broad SMARTS) is 1. The third kappa shape index (κ3) is 2.79. The normalized spacial score (nSPS) is 23.5. The van der Waals surface area contributed by atoms with Crippen molar-refractivity contribution in [3.05, 3.63) is 47.5 Å². The molecule has 1 unspecified atom stereocenters. The van der Waals surface area contributed by atoms with Gasteiger partial charge in [0.15, 0.2) is 5.60 Å². The SMILES string of the molecule is CC1=CCC(OCc2ccccc2)(C(=O)O)CC1. The van der Waals surface area contributed by atoms with Crippen molar-refractivity contribution in [3.63, 3.8) is 0 Å². The highest BCUT2D eigenvalue weighted by atomic mass is 16.5. The molecule has 0 aliphatic heterocycles. The highest BCUT2D eigenvalue weighted by Gasteiger charge is 2.40. The monoisotopic (exact) mass is 246 g/mol. The molecule has 0 amide bonds. The van der Waals surface area contributed by atoms with Gasteiger partial charge in [0.05, 0.1) is 6.61 Å². The summed E-state index contributed by atoms with van der Waals surface area (Å²) in [6, 6.07) is 9.68. The van der Waals surface area contributed by atoms with E-state index >= 15 is 0 Å². The molecule has 0 fully saturated rings. The molecule has 1 aliphatic rings. The number of rotatable bonds is 4. The predicted octanol–water partition coefficient (Wildman–Crippen LogP) is 3.16. The highest BCUT2D eigenvalue weighted by Crippen LogP contribution is 2.32. The van der Waals surface area contributed by atoms with Gasteiger partial charge >= 0.3 is 5.97 Å². The molecule has 1 aromatic carbocycles. The van der Waals surface area contributed by atoms with Crippen molar-refractivity contribution < 1.29 is 14.6 Å². The topological polar surface area (TPSA) is 46.5 Å². The quantitative estimate of drug-likeness (QED) is 0.830. The van der Waals surface area contributed by atoms with Crippen LogP contribution in [-0.4, -0.2) is 16.7 Å². The van der Waals surface area contributed by atoms with E-state index < -0.39 is 11.6 Å². The minimum absolute atomic E-state index is 0.347. The van der Waals surface area contributed by atoms with Crippen LogP contribution in [0, 0.1) is 0 Å². The molecule has 1 N–H and O–H groups in total. The number of allylic oxidation sites excluding steroid dienone is 1. The van der Waals surface area contributed by atoms with Gasteiger partial charge in [-0.25, -0.2) is 4.79 Å². The summed E-state index contributed by atoms with van der Waals surface area (Å²) < 4.78 is 5.72. The smallest absolute Gasteiger partial charge is 0.336 e. The van der Waals surface area contributed by atoms with E-state index in [9.17, 15) is 9.90 Å². The number of carbonyl (C=O) groups is 1. The molecule has 0 saturated carbocycles. The van der Waals surface area contributed by atoms with Gasteiger partial charge in [-0.1, -0.05) is 42.0 Å². The Labute approximate surface area is 107 Å². The van der Waals surface area contributed by atoms with E-state index in [1.807, 2.05) is 43.3 Å². The van der Waals surface area contributed by atoms with Crippen LogP contribution < -0.4 is 0 Å². The zero-order valence-corrected chi connectivity index (χ0v) is 10.6. The summed E-state index contributed by atoms with van der Waals surface area (Å²) in [6.07, 6.45) is 3.78. The van der Waals surface area contributed by atoms with Crippen molar-refractivity contribution in [2.24, 2.45) is 0 Å². The fourth-order valence-electron chi connectivity index (χ4n) is 2.13. The average Bonchev–Trinajstić information content (AvgIpc) is 2.39. The minimum atomic E-state index is -1.05. The summed E-state index contributed by atoms with van der Waals surface area (Å²) in [6.45, 7) is 2.38. The maximum absolute atomic E-state index is 11.4. The zero-order chi connectivity index (χ0) is 13.0. The Morgan fingerprint density at radius 1 is 1.39 bits per heavy atom. The van der Waals surface area contributed by atoms with Gasteiger partial charge in [-0.05, 0) is 25.3 Å². The molecule has 0 saturated heterocycles. The van der Waals surface area contributed by atoms with Crippen LogP contribution >= 0.6 is 0 Å². The molecule has 96 valence electrons. The second kappa shape index (κ2) is 5.36. The molecule has 3 nitrogen and oxygen atoms in total. The molecule has 1 aromatic rings. The van der Waals surface area contributed by atoms with Crippen molar-refractivity contribution in [3.8, 4) is 0 Å². The third-order valence-electron chi connectivity index (χ3n) is 3.45. The molecule has 18 heavy (non-hydrogen) atoms. The molecular weight excluding hydrogens is 228 g/mol. The van der Waals surface area contributed by atoms with E-state index in [1.165, 1.54) is 5.57 Å². The van der Waals surface area contributed by atoms with Gasteiger partial charge in [0, 0.05) is 6.42 Å². The van der Waals surface area contributed by atoms with E-state index in [0.717, 1.165) is 12.0 Å². The second-order valence-corrected chi connectivity index (χ2v) is 4.83. The Morgan fingerprint density at radius 3 is 2.67 bits per heavy atom. The summed E-state index contributed by atoms with van der Waals surface area (Å²) in [5, 5.41) is 9.40. The summed E-state index contributed by atoms with van der Waals surface area (Å²) >= 11 is 0. The summed E-state index contributed by atoms with van der Waals surface area (Å²) in [5.74, 6) is -0.859. The summed E-state index contributed by atoms with van der Waals surface area (Å²) in [4.78, 5) is 11.4. The summed E-state index contributed by atoms with van der Waals surface area (Å²) in [7, 11) is 0. The Balaban J connectivity index is 2.06. The first-order valence-corrected chi connectivity index (χ1v) is 6.19. The van der Waals surface area contributed by atoms with Gasteiger partial charge in [-0.15, -0.1) is 0 Å². The highest BCUT2D eigenvalue weighted by molar-refractivity contribution is 5.78. The lowest BCUT2D eigenvalue weighted by Gasteiger charge is -2.32. The zero-order valence-electron chi connectivity index (χ0n) is 10.6. The number of benzene rings is 1. The van der Waals surface area contributed by atoms with E-state index in [2.05, 4.69) is 0 Å². The Morgan fingerprint density at radius 2 is 2.11 bits per heavy atom. The van der Waals surface area contributed by atoms with Crippen LogP contribution in [0.5, 0.6) is 0 Å². The lowest BCUT2D eigenvalue weighted by atomic mass is 9.86. The van der Waals surface area contributed by atoms with Crippen LogP contribution in [0.2, 0.25) is 0 Å². The molecule has 3 heteroatoms. The number of ether oxygens (including phenoxy) is 1. The van der Waals surface area contributed by atoms with E-state index in [-0.39, 0.29) is 0 Å². The fraction of sp³-hybridized carbons (Fsp3) is 0.400. The van der Waals surface area contributed by atoms with Crippen LogP contribution in [0.4, 0.5) is 0 Å². The molecule has 1 aliphatic carbocycles. The maximum Gasteiger partial charge on any atom is 0.336 e. The van der Waals surface area contributed by atoms with Crippen molar-refractivity contribution in [1.82, 2.24) is 0 Å². The fourth-order valence-corrected chi connectivity index (χ4v) is 2.13. The second-order valence-electron chi connectivity index (χ2n) is 4.83. The molecule has 0 aromatic heterocycles. The molecule has 0 spiro atoms. The van der Waals surface area contributed by atoms with Gasteiger partial charge in [0.1, 0.15) is 0 Å². The molecule has 2 rings (SSSR count). The van der Waals surface area contributed by atoms with E-state index in [1.54, 1.807) is 0 Å². The van der Waals surface area contributed by atoms with Gasteiger partial charge in [-0.2, -0.15) is 0 Å². The molecule has 0 bridgehead atoms. The number of hydrogen-bond acceptors (Lipinski definition) is 2. The van der Waals surface area contributed by atoms with E-state index in [0.29, 0.717) is 19.4 Å². The van der Waals surface area contributed by atoms with Crippen molar-refractivity contribution in [2.45, 2.75) is 38.4 Å². The minimum Gasteiger partial charge on any atom is -0.479 e. The molecule has 1 atom stereocenters. The van der Waals surface area contributed by atoms with Gasteiger partial charge in [-0.3, -0.25) is 0 Å². The molecule has 0 heterocycles. The Kier molecular flexibility index (Phi) is 3.82. The number of carboxylic acids is 1. The number of aliphatic carboxylic acids is 1. The molecular formula is C15H18O3. The van der Waals surface area contributed by atoms with Crippen LogP contribution in [0.1, 0.15) is 31.7 Å². The van der Waals surface area contributed by atoms with Crippen LogP contribution in [0.3, 0.4) is 0 Å². The maximum atomic E-state index is 11.4. The standard InChI is InChI=1S/C15H18O3/c1-12-7-9-15(10-8-12,14(16)17)18-11-13-5-3-2-4-6-13/h2-7H,8-11H2,1H3,(H,16,17). The van der Waals surface area contributed by atoms with Crippen molar-refractivity contribution in [1.29, 1.82) is 0 Å². The van der Waals surface area contributed by atoms with Crippen LogP contribution in [0.15, 0.2) is 42.0 Å².